The van der Waals surface area contributed by atoms with Gasteiger partial charge >= 0.3 is 17.9 Å². The molecule has 9 atom stereocenters. The third kappa shape index (κ3) is 6.03. The Labute approximate surface area is 223 Å². The maximum atomic E-state index is 12.4. The number of esters is 1. The minimum atomic E-state index is -0.775. The van der Waals surface area contributed by atoms with Crippen molar-refractivity contribution >= 4 is 17.9 Å². The van der Waals surface area contributed by atoms with Crippen LogP contribution in [-0.2, 0) is 19.1 Å². The van der Waals surface area contributed by atoms with Crippen LogP contribution < -0.4 is 0 Å². The van der Waals surface area contributed by atoms with Gasteiger partial charge in [-0.05, 0) is 123 Å². The summed E-state index contributed by atoms with van der Waals surface area (Å²) < 4.78 is 5.92. The van der Waals surface area contributed by atoms with E-state index < -0.39 is 11.9 Å². The Morgan fingerprint density at radius 2 is 1.49 bits per heavy atom. The van der Waals surface area contributed by atoms with Crippen LogP contribution in [0.2, 0.25) is 0 Å². The van der Waals surface area contributed by atoms with Crippen LogP contribution in [0.15, 0.2) is 0 Å². The summed E-state index contributed by atoms with van der Waals surface area (Å²) in [5.41, 5.74) is 0.705. The second-order valence-electron chi connectivity index (χ2n) is 13.6. The predicted molar refractivity (Wildman–Crippen MR) is 142 cm³/mol. The number of unbranched alkanes of at least 4 members (excludes halogenated alkanes) is 2. The van der Waals surface area contributed by atoms with Gasteiger partial charge in [-0.2, -0.15) is 0 Å². The molecule has 0 bridgehead atoms. The molecule has 6 nitrogen and oxygen atoms in total. The third-order valence-corrected chi connectivity index (χ3v) is 11.8. The standard InChI is InChI=1S/C31H50O6/c1-20(9-14-28(34)35)24-12-13-25-23-11-10-21-19-22(37-29(36)8-6-4-5-7-27(32)33)15-17-30(21,2)26(23)16-18-31(24,25)3/h20-26H,4-19H2,1-3H3,(H,32,33)(H,34,35)/t20-,21-,22-,23+,24-,25+,26+,30+,31-/m1/s1. The molecule has 4 saturated carbocycles. The van der Waals surface area contributed by atoms with Crippen molar-refractivity contribution in [3.8, 4) is 0 Å². The van der Waals surface area contributed by atoms with Crippen molar-refractivity contribution in [2.45, 2.75) is 130 Å². The zero-order chi connectivity index (χ0) is 26.8. The van der Waals surface area contributed by atoms with Crippen molar-refractivity contribution in [3.63, 3.8) is 0 Å². The summed E-state index contributed by atoms with van der Waals surface area (Å²) in [6.07, 6.45) is 14.6. The minimum absolute atomic E-state index is 0.0425. The van der Waals surface area contributed by atoms with E-state index in [1.807, 2.05) is 0 Å². The smallest absolute Gasteiger partial charge is 0.306 e. The molecule has 4 aliphatic rings. The summed E-state index contributed by atoms with van der Waals surface area (Å²) in [5, 5.41) is 17.9. The van der Waals surface area contributed by atoms with E-state index in [2.05, 4.69) is 20.8 Å². The molecule has 6 heteroatoms. The van der Waals surface area contributed by atoms with Gasteiger partial charge in [-0.25, -0.2) is 0 Å². The summed E-state index contributed by atoms with van der Waals surface area (Å²) in [6.45, 7) is 7.37. The topological polar surface area (TPSA) is 101 Å². The van der Waals surface area contributed by atoms with Gasteiger partial charge in [-0.1, -0.05) is 27.2 Å². The monoisotopic (exact) mass is 518 g/mol. The van der Waals surface area contributed by atoms with Crippen LogP contribution in [0.5, 0.6) is 0 Å². The Balaban J connectivity index is 1.31. The first-order valence-electron chi connectivity index (χ1n) is 15.2. The number of hydrogen-bond donors (Lipinski definition) is 2. The first-order chi connectivity index (χ1) is 17.5. The van der Waals surface area contributed by atoms with Gasteiger partial charge in [0.2, 0.25) is 0 Å². The maximum Gasteiger partial charge on any atom is 0.306 e. The minimum Gasteiger partial charge on any atom is -0.481 e. The van der Waals surface area contributed by atoms with Gasteiger partial charge in [-0.3, -0.25) is 14.4 Å². The van der Waals surface area contributed by atoms with Gasteiger partial charge in [0, 0.05) is 19.3 Å². The summed E-state index contributed by atoms with van der Waals surface area (Å²) in [6, 6.07) is 0. The molecule has 4 rings (SSSR count). The molecule has 0 heterocycles. The van der Waals surface area contributed by atoms with Crippen LogP contribution in [0.25, 0.3) is 0 Å². The SMILES string of the molecule is C[C@H](CCC(=O)O)[C@H]1CC[C@H]2[C@@H]3CC[C@@H]4C[C@H](OC(=O)CCCCCC(=O)O)CC[C@]4(C)[C@H]3CC[C@]12C. The van der Waals surface area contributed by atoms with Crippen LogP contribution in [-0.4, -0.2) is 34.2 Å². The number of carbonyl (C=O) groups is 3. The highest BCUT2D eigenvalue weighted by atomic mass is 16.5. The fourth-order valence-electron chi connectivity index (χ4n) is 9.82. The first kappa shape index (κ1) is 28.4. The fraction of sp³-hybridized carbons (Fsp3) is 0.903. The van der Waals surface area contributed by atoms with Crippen LogP contribution in [0, 0.1) is 46.3 Å². The molecule has 0 aromatic carbocycles. The van der Waals surface area contributed by atoms with E-state index in [1.54, 1.807) is 0 Å². The van der Waals surface area contributed by atoms with E-state index in [0.29, 0.717) is 54.3 Å². The van der Waals surface area contributed by atoms with Crippen molar-refractivity contribution in [2.24, 2.45) is 46.3 Å². The van der Waals surface area contributed by atoms with Crippen molar-refractivity contribution in [3.05, 3.63) is 0 Å². The van der Waals surface area contributed by atoms with Gasteiger partial charge in [-0.15, -0.1) is 0 Å². The van der Waals surface area contributed by atoms with Gasteiger partial charge in [0.25, 0.3) is 0 Å². The predicted octanol–water partition coefficient (Wildman–Crippen LogP) is 7.09. The molecule has 37 heavy (non-hydrogen) atoms. The molecule has 0 spiro atoms. The number of hydrogen-bond acceptors (Lipinski definition) is 4. The number of fused-ring (bicyclic) bond motifs is 5. The summed E-state index contributed by atoms with van der Waals surface area (Å²) in [4.78, 5) is 34.2. The third-order valence-electron chi connectivity index (χ3n) is 11.8. The molecule has 210 valence electrons. The highest BCUT2D eigenvalue weighted by Crippen LogP contribution is 2.68. The molecule has 0 saturated heterocycles. The van der Waals surface area contributed by atoms with E-state index in [1.165, 1.54) is 38.5 Å². The highest BCUT2D eigenvalue weighted by Gasteiger charge is 2.60. The van der Waals surface area contributed by atoms with Crippen LogP contribution >= 0.6 is 0 Å². The average Bonchev–Trinajstić information content (AvgIpc) is 3.19. The zero-order valence-electron chi connectivity index (χ0n) is 23.4. The normalized spacial score (nSPS) is 39.6. The van der Waals surface area contributed by atoms with E-state index in [9.17, 15) is 19.5 Å². The Morgan fingerprint density at radius 1 is 0.811 bits per heavy atom. The van der Waals surface area contributed by atoms with E-state index >= 15 is 0 Å². The number of carboxylic acid groups (broad SMARTS) is 2. The summed E-state index contributed by atoms with van der Waals surface area (Å²) >= 11 is 0. The van der Waals surface area contributed by atoms with Crippen LogP contribution in [0.3, 0.4) is 0 Å². The molecule has 4 fully saturated rings. The molecule has 0 aromatic rings. The molecule has 0 aliphatic heterocycles. The molecule has 0 unspecified atom stereocenters. The van der Waals surface area contributed by atoms with E-state index in [-0.39, 0.29) is 18.5 Å². The lowest BCUT2D eigenvalue weighted by Crippen LogP contribution is -2.54. The van der Waals surface area contributed by atoms with Crippen molar-refractivity contribution in [2.75, 3.05) is 0 Å². The van der Waals surface area contributed by atoms with E-state index in [0.717, 1.165) is 49.9 Å². The number of carboxylic acids is 2. The van der Waals surface area contributed by atoms with E-state index in [4.69, 9.17) is 9.84 Å². The highest BCUT2D eigenvalue weighted by molar-refractivity contribution is 5.69. The van der Waals surface area contributed by atoms with Crippen molar-refractivity contribution < 1.29 is 29.3 Å². The van der Waals surface area contributed by atoms with Crippen LogP contribution in [0.4, 0.5) is 0 Å². The van der Waals surface area contributed by atoms with Gasteiger partial charge in [0.15, 0.2) is 0 Å². The second kappa shape index (κ2) is 11.7. The Morgan fingerprint density at radius 3 is 2.22 bits per heavy atom. The first-order valence-corrected chi connectivity index (χ1v) is 15.2. The quantitative estimate of drug-likeness (QED) is 0.224. The average molecular weight is 519 g/mol. The number of carbonyl (C=O) groups excluding carboxylic acids is 1. The molecule has 0 radical (unpaired) electrons. The number of aliphatic carboxylic acids is 2. The van der Waals surface area contributed by atoms with Crippen molar-refractivity contribution in [1.29, 1.82) is 0 Å². The Kier molecular flexibility index (Phi) is 8.95. The van der Waals surface area contributed by atoms with Crippen LogP contribution in [0.1, 0.15) is 124 Å². The summed E-state index contributed by atoms with van der Waals surface area (Å²) in [7, 11) is 0. The molecule has 4 aliphatic carbocycles. The van der Waals surface area contributed by atoms with Gasteiger partial charge < -0.3 is 14.9 Å². The number of ether oxygens (including phenoxy) is 1. The number of rotatable bonds is 11. The van der Waals surface area contributed by atoms with Gasteiger partial charge in [0.05, 0.1) is 0 Å². The maximum absolute atomic E-state index is 12.4. The molecule has 2 N–H and O–H groups in total. The zero-order valence-corrected chi connectivity index (χ0v) is 23.4. The van der Waals surface area contributed by atoms with Crippen molar-refractivity contribution in [1.82, 2.24) is 0 Å². The lowest BCUT2D eigenvalue weighted by Gasteiger charge is -2.61. The molecular weight excluding hydrogens is 468 g/mol. The largest absolute Gasteiger partial charge is 0.481 e. The fourth-order valence-corrected chi connectivity index (χ4v) is 9.82. The Hall–Kier alpha value is -1.59. The molecular formula is C31H50O6. The molecule has 0 aromatic heterocycles. The second-order valence-corrected chi connectivity index (χ2v) is 13.6. The molecule has 0 amide bonds. The van der Waals surface area contributed by atoms with Gasteiger partial charge in [0.1, 0.15) is 6.10 Å². The lowest BCUT2D eigenvalue weighted by atomic mass is 9.44. The Bertz CT molecular complexity index is 840. The summed E-state index contributed by atoms with van der Waals surface area (Å²) in [5.74, 6) is 2.55. The lowest BCUT2D eigenvalue weighted by molar-refractivity contribution is -0.162.